The Morgan fingerprint density at radius 1 is 1.20 bits per heavy atom. The van der Waals surface area contributed by atoms with Gasteiger partial charge in [-0.25, -0.2) is 0 Å². The smallest absolute Gasteiger partial charge is 0.260 e. The highest BCUT2D eigenvalue weighted by molar-refractivity contribution is 5.78. The van der Waals surface area contributed by atoms with Crippen LogP contribution in [-0.2, 0) is 9.53 Å². The lowest BCUT2D eigenvalue weighted by Crippen LogP contribution is -2.34. The average molecular weight is 275 g/mol. The Balaban J connectivity index is 1.39. The fraction of sp³-hybridized carbons (Fsp3) is 0.562. The number of likely N-dealkylation sites (tertiary alicyclic amines) is 1. The van der Waals surface area contributed by atoms with Crippen LogP contribution >= 0.6 is 0 Å². The highest BCUT2D eigenvalue weighted by atomic mass is 16.5. The van der Waals surface area contributed by atoms with Crippen molar-refractivity contribution in [3.63, 3.8) is 0 Å². The number of carbonyl (C=O) groups excluding carboxylic acids is 1. The maximum absolute atomic E-state index is 12.1. The molecule has 1 saturated carbocycles. The number of hydrogen-bond donors (Lipinski definition) is 0. The highest BCUT2D eigenvalue weighted by Gasteiger charge is 2.29. The average Bonchev–Trinajstić information content (AvgIpc) is 3.20. The Morgan fingerprint density at radius 3 is 2.75 bits per heavy atom. The van der Waals surface area contributed by atoms with Crippen LogP contribution in [0.2, 0.25) is 0 Å². The molecular formula is C16H21NO3. The Kier molecular flexibility index (Phi) is 4.21. The van der Waals surface area contributed by atoms with Gasteiger partial charge in [-0.3, -0.25) is 4.79 Å². The van der Waals surface area contributed by atoms with E-state index in [0.717, 1.165) is 31.2 Å². The molecule has 20 heavy (non-hydrogen) atoms. The third-order valence-electron chi connectivity index (χ3n) is 3.87. The zero-order valence-corrected chi connectivity index (χ0v) is 11.7. The lowest BCUT2D eigenvalue weighted by Gasteiger charge is -2.17. The molecule has 0 radical (unpaired) electrons. The molecule has 0 bridgehead atoms. The van der Waals surface area contributed by atoms with Crippen LogP contribution in [0.25, 0.3) is 0 Å². The molecule has 4 nitrogen and oxygen atoms in total. The number of hydrogen-bond acceptors (Lipinski definition) is 3. The van der Waals surface area contributed by atoms with Gasteiger partial charge in [0.05, 0.1) is 6.10 Å². The summed E-state index contributed by atoms with van der Waals surface area (Å²) in [7, 11) is 0. The van der Waals surface area contributed by atoms with Crippen molar-refractivity contribution in [3.05, 3.63) is 30.3 Å². The topological polar surface area (TPSA) is 38.8 Å². The molecule has 1 aliphatic heterocycles. The molecule has 1 amide bonds. The minimum Gasteiger partial charge on any atom is -0.484 e. The van der Waals surface area contributed by atoms with E-state index in [4.69, 9.17) is 9.47 Å². The van der Waals surface area contributed by atoms with Gasteiger partial charge in [-0.2, -0.15) is 0 Å². The molecule has 1 atom stereocenters. The van der Waals surface area contributed by atoms with Crippen molar-refractivity contribution in [3.8, 4) is 5.75 Å². The maximum Gasteiger partial charge on any atom is 0.260 e. The highest BCUT2D eigenvalue weighted by Crippen LogP contribution is 2.30. The van der Waals surface area contributed by atoms with E-state index in [9.17, 15) is 4.79 Å². The van der Waals surface area contributed by atoms with Crippen LogP contribution in [0.3, 0.4) is 0 Å². The van der Waals surface area contributed by atoms with E-state index < -0.39 is 0 Å². The zero-order valence-electron chi connectivity index (χ0n) is 11.7. The van der Waals surface area contributed by atoms with Crippen molar-refractivity contribution in [2.75, 3.05) is 26.3 Å². The monoisotopic (exact) mass is 275 g/mol. The van der Waals surface area contributed by atoms with Crippen LogP contribution in [0.5, 0.6) is 5.75 Å². The third kappa shape index (κ3) is 3.73. The summed E-state index contributed by atoms with van der Waals surface area (Å²) in [4.78, 5) is 13.9. The summed E-state index contributed by atoms with van der Waals surface area (Å²) in [5.74, 6) is 1.56. The third-order valence-corrected chi connectivity index (χ3v) is 3.87. The maximum atomic E-state index is 12.1. The summed E-state index contributed by atoms with van der Waals surface area (Å²) in [6.07, 6.45) is 3.78. The predicted molar refractivity (Wildman–Crippen MR) is 75.6 cm³/mol. The molecule has 1 aliphatic carbocycles. The zero-order chi connectivity index (χ0) is 13.8. The molecule has 1 unspecified atom stereocenters. The van der Waals surface area contributed by atoms with Crippen molar-refractivity contribution >= 4 is 5.91 Å². The number of para-hydroxylation sites is 1. The van der Waals surface area contributed by atoms with Crippen LogP contribution in [0.15, 0.2) is 30.3 Å². The summed E-state index contributed by atoms with van der Waals surface area (Å²) < 4.78 is 11.3. The molecule has 1 aromatic carbocycles. The summed E-state index contributed by atoms with van der Waals surface area (Å²) in [6.45, 7) is 2.47. The van der Waals surface area contributed by atoms with Crippen LogP contribution in [0.1, 0.15) is 19.3 Å². The van der Waals surface area contributed by atoms with E-state index in [1.54, 1.807) is 0 Å². The fourth-order valence-corrected chi connectivity index (χ4v) is 2.40. The molecule has 0 spiro atoms. The minimum absolute atomic E-state index is 0.0476. The molecule has 1 heterocycles. The van der Waals surface area contributed by atoms with Gasteiger partial charge in [0.25, 0.3) is 5.91 Å². The molecular weight excluding hydrogens is 254 g/mol. The first-order chi connectivity index (χ1) is 9.81. The van der Waals surface area contributed by atoms with Crippen LogP contribution in [0.4, 0.5) is 0 Å². The van der Waals surface area contributed by atoms with Gasteiger partial charge in [-0.15, -0.1) is 0 Å². The molecule has 2 fully saturated rings. The van der Waals surface area contributed by atoms with E-state index in [1.807, 2.05) is 35.2 Å². The van der Waals surface area contributed by atoms with Crippen molar-refractivity contribution in [1.82, 2.24) is 4.90 Å². The quantitative estimate of drug-likeness (QED) is 0.798. The van der Waals surface area contributed by atoms with Gasteiger partial charge in [-0.05, 0) is 37.3 Å². The van der Waals surface area contributed by atoms with Crippen LogP contribution in [-0.4, -0.2) is 43.2 Å². The second kappa shape index (κ2) is 6.27. The van der Waals surface area contributed by atoms with Gasteiger partial charge >= 0.3 is 0 Å². The molecule has 1 aromatic rings. The summed E-state index contributed by atoms with van der Waals surface area (Å²) in [5, 5.41) is 0. The normalized spacial score (nSPS) is 22.0. The van der Waals surface area contributed by atoms with E-state index in [2.05, 4.69) is 0 Å². The summed E-state index contributed by atoms with van der Waals surface area (Å²) >= 11 is 0. The number of ether oxygens (including phenoxy) is 2. The van der Waals surface area contributed by atoms with Crippen molar-refractivity contribution in [2.24, 2.45) is 5.92 Å². The number of benzene rings is 1. The second-order valence-corrected chi connectivity index (χ2v) is 5.63. The molecule has 1 saturated heterocycles. The van der Waals surface area contributed by atoms with E-state index in [-0.39, 0.29) is 18.6 Å². The Hall–Kier alpha value is -1.55. The first-order valence-corrected chi connectivity index (χ1v) is 7.38. The first-order valence-electron chi connectivity index (χ1n) is 7.38. The number of amides is 1. The molecule has 0 aromatic heterocycles. The van der Waals surface area contributed by atoms with Gasteiger partial charge in [0.1, 0.15) is 5.75 Å². The standard InChI is InChI=1S/C16H21NO3/c18-16(12-20-14-4-2-1-3-5-14)17-9-8-15(10-17)19-11-13-6-7-13/h1-5,13,15H,6-12H2. The Morgan fingerprint density at radius 2 is 2.00 bits per heavy atom. The van der Waals surface area contributed by atoms with E-state index in [1.165, 1.54) is 12.8 Å². The van der Waals surface area contributed by atoms with Gasteiger partial charge < -0.3 is 14.4 Å². The largest absolute Gasteiger partial charge is 0.484 e. The predicted octanol–water partition coefficient (Wildman–Crippen LogP) is 2.09. The van der Waals surface area contributed by atoms with Crippen LogP contribution in [0, 0.1) is 5.92 Å². The summed E-state index contributed by atoms with van der Waals surface area (Å²) in [6, 6.07) is 9.45. The second-order valence-electron chi connectivity index (χ2n) is 5.63. The molecule has 3 rings (SSSR count). The fourth-order valence-electron chi connectivity index (χ4n) is 2.40. The Labute approximate surface area is 119 Å². The Bertz CT molecular complexity index is 444. The van der Waals surface area contributed by atoms with Crippen molar-refractivity contribution < 1.29 is 14.3 Å². The lowest BCUT2D eigenvalue weighted by atomic mass is 10.3. The van der Waals surface area contributed by atoms with Gasteiger partial charge in [0.2, 0.25) is 0 Å². The number of nitrogens with zero attached hydrogens (tertiary/aromatic N) is 1. The number of carbonyl (C=O) groups is 1. The number of rotatable bonds is 6. The van der Waals surface area contributed by atoms with Crippen molar-refractivity contribution in [1.29, 1.82) is 0 Å². The lowest BCUT2D eigenvalue weighted by molar-refractivity contribution is -0.132. The first kappa shape index (κ1) is 13.4. The van der Waals surface area contributed by atoms with Crippen molar-refractivity contribution in [2.45, 2.75) is 25.4 Å². The van der Waals surface area contributed by atoms with Gasteiger partial charge in [0.15, 0.2) is 6.61 Å². The van der Waals surface area contributed by atoms with Gasteiger partial charge in [0, 0.05) is 19.7 Å². The van der Waals surface area contributed by atoms with Crippen LogP contribution < -0.4 is 4.74 Å². The molecule has 0 N–H and O–H groups in total. The molecule has 108 valence electrons. The van der Waals surface area contributed by atoms with E-state index in [0.29, 0.717) is 6.54 Å². The van der Waals surface area contributed by atoms with Gasteiger partial charge in [-0.1, -0.05) is 18.2 Å². The SMILES string of the molecule is O=C(COc1ccccc1)N1CCC(OCC2CC2)C1. The van der Waals surface area contributed by atoms with E-state index >= 15 is 0 Å². The molecule has 2 aliphatic rings. The minimum atomic E-state index is 0.0476. The summed E-state index contributed by atoms with van der Waals surface area (Å²) in [5.41, 5.74) is 0. The molecule has 4 heteroatoms.